The molecule has 2 aromatic carbocycles. The van der Waals surface area contributed by atoms with Crippen LogP contribution in [0.3, 0.4) is 0 Å². The average Bonchev–Trinajstić information content (AvgIpc) is 2.98. The molecule has 102 valence electrons. The fourth-order valence-electron chi connectivity index (χ4n) is 2.21. The largest absolute Gasteiger partial charge is 0.271 e. The molecule has 0 aliphatic rings. The van der Waals surface area contributed by atoms with Gasteiger partial charge in [0.2, 0.25) is 0 Å². The molecule has 0 fully saturated rings. The zero-order valence-electron chi connectivity index (χ0n) is 11.0. The van der Waals surface area contributed by atoms with E-state index in [0.717, 1.165) is 5.75 Å². The van der Waals surface area contributed by atoms with Gasteiger partial charge in [0.05, 0.1) is 6.04 Å². The molecule has 2 nitrogen and oxygen atoms in total. The highest BCUT2D eigenvalue weighted by Crippen LogP contribution is 2.31. The maximum absolute atomic E-state index is 5.77. The number of hydrogen-bond acceptors (Lipinski definition) is 4. The van der Waals surface area contributed by atoms with Gasteiger partial charge in [0.15, 0.2) is 0 Å². The number of thioether (sulfide) groups is 1. The molecular formula is C16H16N2S2. The molecule has 0 amide bonds. The monoisotopic (exact) mass is 300 g/mol. The maximum atomic E-state index is 5.77. The van der Waals surface area contributed by atoms with Crippen LogP contribution < -0.4 is 11.3 Å². The van der Waals surface area contributed by atoms with Crippen molar-refractivity contribution in [3.05, 3.63) is 65.5 Å². The van der Waals surface area contributed by atoms with E-state index in [4.69, 9.17) is 5.84 Å². The number of nitrogens with one attached hydrogen (secondary N) is 1. The third-order valence-corrected chi connectivity index (χ3v) is 5.33. The van der Waals surface area contributed by atoms with Gasteiger partial charge in [-0.3, -0.25) is 11.3 Å². The summed E-state index contributed by atoms with van der Waals surface area (Å²) in [5, 5.41) is 3.42. The third-order valence-electron chi connectivity index (χ3n) is 3.25. The molecule has 1 aromatic heterocycles. The molecule has 0 aliphatic heterocycles. The van der Waals surface area contributed by atoms with Crippen LogP contribution in [0.5, 0.6) is 0 Å². The lowest BCUT2D eigenvalue weighted by atomic mass is 10.1. The molecule has 0 radical (unpaired) electrons. The summed E-state index contributed by atoms with van der Waals surface area (Å²) in [5.41, 5.74) is 4.24. The first-order valence-electron chi connectivity index (χ1n) is 6.48. The van der Waals surface area contributed by atoms with Crippen LogP contribution in [0, 0.1) is 0 Å². The lowest BCUT2D eigenvalue weighted by Gasteiger charge is -2.17. The van der Waals surface area contributed by atoms with Gasteiger partial charge in [-0.05, 0) is 34.5 Å². The SMILES string of the molecule is NNC(CSc1ccccc1)c1cccc2ccsc12. The predicted molar refractivity (Wildman–Crippen MR) is 89.1 cm³/mol. The summed E-state index contributed by atoms with van der Waals surface area (Å²) in [6.45, 7) is 0. The van der Waals surface area contributed by atoms with Gasteiger partial charge in [-0.15, -0.1) is 23.1 Å². The highest BCUT2D eigenvalue weighted by Gasteiger charge is 2.14. The number of fused-ring (bicyclic) bond motifs is 1. The van der Waals surface area contributed by atoms with E-state index in [1.165, 1.54) is 20.5 Å². The van der Waals surface area contributed by atoms with Crippen LogP contribution in [-0.2, 0) is 0 Å². The van der Waals surface area contributed by atoms with E-state index < -0.39 is 0 Å². The van der Waals surface area contributed by atoms with Crippen LogP contribution in [0.2, 0.25) is 0 Å². The van der Waals surface area contributed by atoms with Crippen molar-refractivity contribution < 1.29 is 0 Å². The molecule has 1 heterocycles. The molecule has 0 aliphatic carbocycles. The van der Waals surface area contributed by atoms with Gasteiger partial charge in [0.25, 0.3) is 0 Å². The summed E-state index contributed by atoms with van der Waals surface area (Å²) in [4.78, 5) is 1.27. The minimum Gasteiger partial charge on any atom is -0.271 e. The summed E-state index contributed by atoms with van der Waals surface area (Å²) in [6, 6.07) is 19.1. The summed E-state index contributed by atoms with van der Waals surface area (Å²) in [6.07, 6.45) is 0. The number of thiophene rings is 1. The van der Waals surface area contributed by atoms with E-state index in [9.17, 15) is 0 Å². The fourth-order valence-corrected chi connectivity index (χ4v) is 4.17. The summed E-state index contributed by atoms with van der Waals surface area (Å²) >= 11 is 3.60. The van der Waals surface area contributed by atoms with Crippen LogP contribution in [0.1, 0.15) is 11.6 Å². The first kappa shape index (κ1) is 13.6. The fraction of sp³-hybridized carbons (Fsp3) is 0.125. The van der Waals surface area contributed by atoms with Crippen molar-refractivity contribution in [1.29, 1.82) is 0 Å². The lowest BCUT2D eigenvalue weighted by Crippen LogP contribution is -2.29. The van der Waals surface area contributed by atoms with Crippen LogP contribution >= 0.6 is 23.1 Å². The molecule has 20 heavy (non-hydrogen) atoms. The number of benzene rings is 2. The lowest BCUT2D eigenvalue weighted by molar-refractivity contribution is 0.615. The van der Waals surface area contributed by atoms with E-state index in [-0.39, 0.29) is 6.04 Å². The van der Waals surface area contributed by atoms with Gasteiger partial charge < -0.3 is 0 Å². The van der Waals surface area contributed by atoms with E-state index in [1.54, 1.807) is 11.3 Å². The molecule has 4 heteroatoms. The van der Waals surface area contributed by atoms with Crippen molar-refractivity contribution in [3.8, 4) is 0 Å². The van der Waals surface area contributed by atoms with Crippen LogP contribution in [0.25, 0.3) is 10.1 Å². The standard InChI is InChI=1S/C16H16N2S2/c17-18-15(11-20-13-6-2-1-3-7-13)14-8-4-5-12-9-10-19-16(12)14/h1-10,15,18H,11,17H2. The second-order valence-corrected chi connectivity index (χ2v) is 6.54. The summed E-state index contributed by atoms with van der Waals surface area (Å²) in [5.74, 6) is 6.68. The van der Waals surface area contributed by atoms with E-state index in [0.29, 0.717) is 0 Å². The number of hydrogen-bond donors (Lipinski definition) is 2. The van der Waals surface area contributed by atoms with Gasteiger partial charge in [-0.25, -0.2) is 0 Å². The Morgan fingerprint density at radius 1 is 1.05 bits per heavy atom. The van der Waals surface area contributed by atoms with Gasteiger partial charge in [0.1, 0.15) is 0 Å². The van der Waals surface area contributed by atoms with Gasteiger partial charge >= 0.3 is 0 Å². The number of rotatable bonds is 5. The van der Waals surface area contributed by atoms with Gasteiger partial charge in [-0.2, -0.15) is 0 Å². The Hall–Kier alpha value is -1.33. The Bertz CT molecular complexity index is 679. The third kappa shape index (κ3) is 2.88. The topological polar surface area (TPSA) is 38.0 Å². The second-order valence-electron chi connectivity index (χ2n) is 4.53. The minimum atomic E-state index is 0.155. The molecule has 0 bridgehead atoms. The molecule has 1 atom stereocenters. The van der Waals surface area contributed by atoms with Gasteiger partial charge in [-0.1, -0.05) is 36.4 Å². The van der Waals surface area contributed by atoms with E-state index in [1.807, 2.05) is 17.8 Å². The zero-order chi connectivity index (χ0) is 13.8. The Morgan fingerprint density at radius 3 is 2.70 bits per heavy atom. The Labute approximate surface area is 127 Å². The molecule has 0 spiro atoms. The van der Waals surface area contributed by atoms with Crippen molar-refractivity contribution in [2.75, 3.05) is 5.75 Å². The first-order valence-corrected chi connectivity index (χ1v) is 8.35. The van der Waals surface area contributed by atoms with Crippen molar-refractivity contribution in [2.45, 2.75) is 10.9 Å². The number of nitrogens with two attached hydrogens (primary N) is 1. The minimum absolute atomic E-state index is 0.155. The maximum Gasteiger partial charge on any atom is 0.0568 e. The highest BCUT2D eigenvalue weighted by molar-refractivity contribution is 7.99. The predicted octanol–water partition coefficient (Wildman–Crippen LogP) is 4.20. The van der Waals surface area contributed by atoms with Crippen LogP contribution in [0.15, 0.2) is 64.9 Å². The normalized spacial score (nSPS) is 12.7. The quantitative estimate of drug-likeness (QED) is 0.421. The van der Waals surface area contributed by atoms with Gasteiger partial charge in [0, 0.05) is 15.3 Å². The van der Waals surface area contributed by atoms with Crippen LogP contribution in [-0.4, -0.2) is 5.75 Å². The molecular weight excluding hydrogens is 284 g/mol. The second kappa shape index (κ2) is 6.41. The zero-order valence-corrected chi connectivity index (χ0v) is 12.6. The molecule has 3 rings (SSSR count). The Balaban J connectivity index is 1.81. The van der Waals surface area contributed by atoms with Crippen molar-refractivity contribution in [3.63, 3.8) is 0 Å². The first-order chi connectivity index (χ1) is 9.88. The van der Waals surface area contributed by atoms with Crippen molar-refractivity contribution in [2.24, 2.45) is 5.84 Å². The average molecular weight is 300 g/mol. The van der Waals surface area contributed by atoms with Crippen LogP contribution in [0.4, 0.5) is 0 Å². The molecule has 0 saturated heterocycles. The summed E-state index contributed by atoms with van der Waals surface area (Å²) in [7, 11) is 0. The smallest absolute Gasteiger partial charge is 0.0568 e. The Morgan fingerprint density at radius 2 is 1.90 bits per heavy atom. The highest BCUT2D eigenvalue weighted by atomic mass is 32.2. The van der Waals surface area contributed by atoms with Crippen molar-refractivity contribution >= 4 is 33.2 Å². The van der Waals surface area contributed by atoms with Crippen molar-refractivity contribution in [1.82, 2.24) is 5.43 Å². The summed E-state index contributed by atoms with van der Waals surface area (Å²) < 4.78 is 1.32. The molecule has 1 unspecified atom stereocenters. The molecule has 0 saturated carbocycles. The number of hydrazine groups is 1. The Kier molecular flexibility index (Phi) is 4.38. The van der Waals surface area contributed by atoms with E-state index in [2.05, 4.69) is 59.3 Å². The molecule has 3 aromatic rings. The molecule has 3 N–H and O–H groups in total. The van der Waals surface area contributed by atoms with E-state index >= 15 is 0 Å².